The fraction of sp³-hybridized carbons (Fsp3) is 0.174. The van der Waals surface area contributed by atoms with E-state index in [1.807, 2.05) is 0 Å². The van der Waals surface area contributed by atoms with Crippen molar-refractivity contribution in [2.45, 2.75) is 13.5 Å². The van der Waals surface area contributed by atoms with Gasteiger partial charge in [0.2, 0.25) is 0 Å². The second kappa shape index (κ2) is 9.09. The fourth-order valence-corrected chi connectivity index (χ4v) is 2.98. The van der Waals surface area contributed by atoms with Gasteiger partial charge in [-0.3, -0.25) is 14.4 Å². The number of carbonyl (C=O) groups is 2. The number of aromatic nitrogens is 1. The van der Waals surface area contributed by atoms with Gasteiger partial charge in [0, 0.05) is 23.5 Å². The van der Waals surface area contributed by atoms with E-state index in [4.69, 9.17) is 9.47 Å². The summed E-state index contributed by atoms with van der Waals surface area (Å²) in [5, 5.41) is 2.69. The Morgan fingerprint density at radius 3 is 2.17 bits per heavy atom. The average molecular weight is 406 g/mol. The zero-order chi connectivity index (χ0) is 21.7. The van der Waals surface area contributed by atoms with Crippen LogP contribution in [0.25, 0.3) is 0 Å². The summed E-state index contributed by atoms with van der Waals surface area (Å²) in [4.78, 5) is 36.8. The minimum absolute atomic E-state index is 0.0167. The van der Waals surface area contributed by atoms with Crippen LogP contribution in [0.2, 0.25) is 0 Å². The Morgan fingerprint density at radius 2 is 1.60 bits per heavy atom. The number of pyridine rings is 1. The molecule has 1 heterocycles. The Bertz CT molecular complexity index is 1110. The van der Waals surface area contributed by atoms with E-state index < -0.39 is 11.5 Å². The zero-order valence-corrected chi connectivity index (χ0v) is 17.0. The molecule has 0 saturated carbocycles. The molecule has 0 aliphatic heterocycles. The van der Waals surface area contributed by atoms with Gasteiger partial charge in [-0.15, -0.1) is 0 Å². The molecular formula is C23H22N2O5. The second-order valence-corrected chi connectivity index (χ2v) is 6.66. The molecule has 2 aromatic carbocycles. The number of hydrogen-bond donors (Lipinski definition) is 1. The quantitative estimate of drug-likeness (QED) is 0.608. The molecule has 7 nitrogen and oxygen atoms in total. The Kier molecular flexibility index (Phi) is 6.32. The zero-order valence-electron chi connectivity index (χ0n) is 17.0. The minimum Gasteiger partial charge on any atom is -0.497 e. The Labute approximate surface area is 173 Å². The molecule has 0 unspecified atom stereocenters. The van der Waals surface area contributed by atoms with Crippen LogP contribution in [0.1, 0.15) is 33.2 Å². The van der Waals surface area contributed by atoms with Gasteiger partial charge in [-0.25, -0.2) is 0 Å². The van der Waals surface area contributed by atoms with E-state index in [1.165, 1.54) is 17.6 Å². The van der Waals surface area contributed by atoms with Gasteiger partial charge in [-0.2, -0.15) is 0 Å². The Morgan fingerprint density at radius 1 is 0.967 bits per heavy atom. The van der Waals surface area contributed by atoms with Crippen LogP contribution in [0.3, 0.4) is 0 Å². The summed E-state index contributed by atoms with van der Waals surface area (Å²) in [6.07, 6.45) is 1.62. The molecule has 1 aromatic heterocycles. The van der Waals surface area contributed by atoms with Crippen LogP contribution >= 0.6 is 0 Å². The number of ether oxygens (including phenoxy) is 2. The Balaban J connectivity index is 1.83. The highest BCUT2D eigenvalue weighted by Gasteiger charge is 2.13. The highest BCUT2D eigenvalue weighted by molar-refractivity contribution is 6.04. The van der Waals surface area contributed by atoms with E-state index >= 15 is 0 Å². The molecular weight excluding hydrogens is 384 g/mol. The molecule has 7 heteroatoms. The average Bonchev–Trinajstić information content (AvgIpc) is 2.75. The molecule has 30 heavy (non-hydrogen) atoms. The summed E-state index contributed by atoms with van der Waals surface area (Å²) in [5.41, 5.74) is 1.44. The van der Waals surface area contributed by atoms with Crippen LogP contribution in [-0.2, 0) is 6.54 Å². The van der Waals surface area contributed by atoms with Crippen LogP contribution in [0.5, 0.6) is 11.5 Å². The summed E-state index contributed by atoms with van der Waals surface area (Å²) in [6, 6.07) is 15.0. The minimum atomic E-state index is -0.520. The number of benzene rings is 2. The number of carbonyl (C=O) groups excluding carboxylic acids is 2. The molecule has 0 aliphatic carbocycles. The molecule has 0 atom stereocenters. The van der Waals surface area contributed by atoms with E-state index in [2.05, 4.69) is 5.32 Å². The number of hydrogen-bond acceptors (Lipinski definition) is 5. The maximum absolute atomic E-state index is 12.9. The second-order valence-electron chi connectivity index (χ2n) is 6.66. The third-order valence-electron chi connectivity index (χ3n) is 4.58. The van der Waals surface area contributed by atoms with Crippen LogP contribution in [0.4, 0.5) is 5.69 Å². The Hall–Kier alpha value is -3.87. The first kappa shape index (κ1) is 20.9. The lowest BCUT2D eigenvalue weighted by molar-refractivity contribution is 0.101. The standard InChI is InChI=1S/C23H22N2O5/c1-15(26)17-6-8-18(9-7-17)24-22(27)21-5-4-10-25(23(21)28)14-16-11-19(29-2)13-20(12-16)30-3/h4-13H,14H2,1-3H3,(H,24,27). The SMILES string of the molecule is COc1cc(Cn2cccc(C(=O)Nc3ccc(C(C)=O)cc3)c2=O)cc(OC)c1. The van der Waals surface area contributed by atoms with Gasteiger partial charge in [0.25, 0.3) is 11.5 Å². The molecule has 3 rings (SSSR count). The maximum Gasteiger partial charge on any atom is 0.263 e. The van der Waals surface area contributed by atoms with Crippen molar-refractivity contribution in [1.82, 2.24) is 4.57 Å². The van der Waals surface area contributed by atoms with Crippen LogP contribution in [-0.4, -0.2) is 30.5 Å². The number of nitrogens with zero attached hydrogens (tertiary/aromatic N) is 1. The highest BCUT2D eigenvalue weighted by Crippen LogP contribution is 2.22. The molecule has 0 fully saturated rings. The fourth-order valence-electron chi connectivity index (χ4n) is 2.98. The molecule has 0 saturated heterocycles. The number of nitrogens with one attached hydrogen (secondary N) is 1. The van der Waals surface area contributed by atoms with Crippen molar-refractivity contribution in [1.29, 1.82) is 0 Å². The number of anilines is 1. The number of ketones is 1. The van der Waals surface area contributed by atoms with Gasteiger partial charge in [0.05, 0.1) is 20.8 Å². The third kappa shape index (κ3) is 4.75. The van der Waals surface area contributed by atoms with E-state index in [-0.39, 0.29) is 17.9 Å². The molecule has 1 amide bonds. The third-order valence-corrected chi connectivity index (χ3v) is 4.58. The summed E-state index contributed by atoms with van der Waals surface area (Å²) in [6.45, 7) is 1.72. The molecule has 0 radical (unpaired) electrons. The van der Waals surface area contributed by atoms with Crippen LogP contribution in [0, 0.1) is 0 Å². The van der Waals surface area contributed by atoms with E-state index in [0.717, 1.165) is 5.56 Å². The lowest BCUT2D eigenvalue weighted by atomic mass is 10.1. The highest BCUT2D eigenvalue weighted by atomic mass is 16.5. The summed E-state index contributed by atoms with van der Waals surface area (Å²) >= 11 is 0. The topological polar surface area (TPSA) is 86.6 Å². The van der Waals surface area contributed by atoms with Crippen LogP contribution in [0.15, 0.2) is 65.6 Å². The smallest absolute Gasteiger partial charge is 0.263 e. The van der Waals surface area contributed by atoms with Gasteiger partial charge in [-0.1, -0.05) is 0 Å². The molecule has 0 aliphatic rings. The van der Waals surface area contributed by atoms with Gasteiger partial charge in [-0.05, 0) is 61.0 Å². The predicted molar refractivity (Wildman–Crippen MR) is 114 cm³/mol. The molecule has 154 valence electrons. The number of methoxy groups -OCH3 is 2. The molecule has 0 spiro atoms. The van der Waals surface area contributed by atoms with Gasteiger partial charge in [0.1, 0.15) is 17.1 Å². The summed E-state index contributed by atoms with van der Waals surface area (Å²) in [7, 11) is 3.11. The first-order valence-electron chi connectivity index (χ1n) is 9.25. The molecule has 1 N–H and O–H groups in total. The first-order valence-corrected chi connectivity index (χ1v) is 9.25. The largest absolute Gasteiger partial charge is 0.497 e. The van der Waals surface area contributed by atoms with Gasteiger partial charge >= 0.3 is 0 Å². The molecule has 3 aromatic rings. The molecule has 0 bridgehead atoms. The normalized spacial score (nSPS) is 10.4. The van der Waals surface area contributed by atoms with Crippen molar-refractivity contribution in [2.75, 3.05) is 19.5 Å². The summed E-state index contributed by atoms with van der Waals surface area (Å²) < 4.78 is 12.0. The van der Waals surface area contributed by atoms with E-state index in [1.54, 1.807) is 68.9 Å². The number of rotatable bonds is 7. The van der Waals surface area contributed by atoms with Crippen molar-refractivity contribution >= 4 is 17.4 Å². The monoisotopic (exact) mass is 406 g/mol. The van der Waals surface area contributed by atoms with Crippen molar-refractivity contribution < 1.29 is 19.1 Å². The van der Waals surface area contributed by atoms with Crippen molar-refractivity contribution in [2.24, 2.45) is 0 Å². The number of amides is 1. The lowest BCUT2D eigenvalue weighted by Crippen LogP contribution is -2.29. The maximum atomic E-state index is 12.9. The van der Waals surface area contributed by atoms with E-state index in [0.29, 0.717) is 22.7 Å². The lowest BCUT2D eigenvalue weighted by Gasteiger charge is -2.11. The van der Waals surface area contributed by atoms with Gasteiger partial charge < -0.3 is 19.4 Å². The van der Waals surface area contributed by atoms with E-state index in [9.17, 15) is 14.4 Å². The number of Topliss-reactive ketones (excluding diaryl/α,β-unsaturated/α-hetero) is 1. The van der Waals surface area contributed by atoms with Crippen molar-refractivity contribution in [3.63, 3.8) is 0 Å². The first-order chi connectivity index (χ1) is 14.4. The van der Waals surface area contributed by atoms with Crippen molar-refractivity contribution in [3.8, 4) is 11.5 Å². The van der Waals surface area contributed by atoms with Crippen molar-refractivity contribution in [3.05, 3.63) is 87.8 Å². The van der Waals surface area contributed by atoms with Gasteiger partial charge in [0.15, 0.2) is 5.78 Å². The predicted octanol–water partition coefficient (Wildman–Crippen LogP) is 3.37. The summed E-state index contributed by atoms with van der Waals surface area (Å²) in [5.74, 6) is 0.641. The van der Waals surface area contributed by atoms with Crippen LogP contribution < -0.4 is 20.3 Å².